The van der Waals surface area contributed by atoms with Crippen molar-refractivity contribution in [3.05, 3.63) is 42.0 Å². The Balaban J connectivity index is 1.47. The van der Waals surface area contributed by atoms with Gasteiger partial charge in [-0.05, 0) is 18.6 Å². The van der Waals surface area contributed by atoms with Crippen molar-refractivity contribution >= 4 is 29.3 Å². The Hall–Kier alpha value is -3.08. The maximum Gasteiger partial charge on any atom is 0.264 e. The predicted octanol–water partition coefficient (Wildman–Crippen LogP) is 0.736. The monoisotopic (exact) mass is 445 g/mol. The number of ether oxygens (including phenoxy) is 3. The molecule has 2 N–H and O–H groups in total. The minimum Gasteiger partial charge on any atom is -0.382 e. The molecule has 172 valence electrons. The average Bonchev–Trinajstić information content (AvgIpc) is 3.03. The van der Waals surface area contributed by atoms with Crippen molar-refractivity contribution in [3.63, 3.8) is 0 Å². The van der Waals surface area contributed by atoms with Crippen LogP contribution < -0.4 is 10.6 Å². The number of benzene rings is 1. The largest absolute Gasteiger partial charge is 0.382 e. The summed E-state index contributed by atoms with van der Waals surface area (Å²) >= 11 is 0. The third kappa shape index (κ3) is 5.58. The molecule has 10 heteroatoms. The molecule has 10 nitrogen and oxygen atoms in total. The van der Waals surface area contributed by atoms with E-state index in [1.807, 2.05) is 0 Å². The van der Waals surface area contributed by atoms with Crippen LogP contribution in [0.5, 0.6) is 0 Å². The van der Waals surface area contributed by atoms with Gasteiger partial charge in [0, 0.05) is 18.7 Å². The number of rotatable bonds is 13. The fourth-order valence-electron chi connectivity index (χ4n) is 3.53. The molecule has 4 amide bonds. The summed E-state index contributed by atoms with van der Waals surface area (Å²) in [6.45, 7) is 6.67. The number of hydrogen-bond acceptors (Lipinski definition) is 8. The number of anilines is 1. The maximum atomic E-state index is 13.0. The zero-order valence-electron chi connectivity index (χ0n) is 17.8. The molecule has 2 aliphatic rings. The molecule has 2 heterocycles. The number of piperidine rings is 1. The second-order valence-electron chi connectivity index (χ2n) is 7.19. The Labute approximate surface area is 185 Å². The van der Waals surface area contributed by atoms with Crippen molar-refractivity contribution in [1.29, 1.82) is 0 Å². The fraction of sp³-hybridized carbons (Fsp3) is 0.455. The molecule has 2 aliphatic heterocycles. The van der Waals surface area contributed by atoms with E-state index in [1.165, 1.54) is 0 Å². The molecule has 0 aromatic heterocycles. The molecule has 1 aromatic carbocycles. The highest BCUT2D eigenvalue weighted by Crippen LogP contribution is 2.32. The topological polar surface area (TPSA) is 123 Å². The number of fused-ring (bicyclic) bond motifs is 1. The van der Waals surface area contributed by atoms with E-state index in [9.17, 15) is 19.2 Å². The van der Waals surface area contributed by atoms with Crippen LogP contribution in [-0.4, -0.2) is 80.8 Å². The predicted molar refractivity (Wildman–Crippen MR) is 114 cm³/mol. The molecule has 1 fully saturated rings. The van der Waals surface area contributed by atoms with Crippen molar-refractivity contribution in [3.8, 4) is 0 Å². The standard InChI is InChI=1S/C22H27N3O7/c1-2-9-30-11-13-32-14-12-31-10-8-23-16-5-3-4-15-19(16)22(29)25(21(15)28)17-6-7-18(26)24-20(17)27/h2-5,17,23H,1,6-14H2,(H,24,26,27). The highest BCUT2D eigenvalue weighted by Gasteiger charge is 2.45. The van der Waals surface area contributed by atoms with E-state index in [4.69, 9.17) is 14.2 Å². The lowest BCUT2D eigenvalue weighted by Gasteiger charge is -2.27. The molecule has 1 atom stereocenters. The van der Waals surface area contributed by atoms with Crippen LogP contribution >= 0.6 is 0 Å². The Kier molecular flexibility index (Phi) is 8.48. The van der Waals surface area contributed by atoms with Crippen molar-refractivity contribution < 1.29 is 33.4 Å². The minimum absolute atomic E-state index is 0.0812. The van der Waals surface area contributed by atoms with Crippen LogP contribution in [0.3, 0.4) is 0 Å². The third-order valence-electron chi connectivity index (χ3n) is 5.01. The Morgan fingerprint density at radius 2 is 1.75 bits per heavy atom. The summed E-state index contributed by atoms with van der Waals surface area (Å²) in [5.74, 6) is -2.12. The molecular formula is C22H27N3O7. The highest BCUT2D eigenvalue weighted by atomic mass is 16.5. The van der Waals surface area contributed by atoms with Crippen molar-refractivity contribution in [2.24, 2.45) is 0 Å². The van der Waals surface area contributed by atoms with Gasteiger partial charge in [-0.3, -0.25) is 29.4 Å². The van der Waals surface area contributed by atoms with E-state index in [0.717, 1.165) is 4.90 Å². The van der Waals surface area contributed by atoms with Gasteiger partial charge in [0.1, 0.15) is 6.04 Å². The summed E-state index contributed by atoms with van der Waals surface area (Å²) in [4.78, 5) is 50.3. The number of carbonyl (C=O) groups excluding carboxylic acids is 4. The van der Waals surface area contributed by atoms with Crippen LogP contribution in [0, 0.1) is 0 Å². The minimum atomic E-state index is -0.988. The fourth-order valence-corrected chi connectivity index (χ4v) is 3.53. The zero-order chi connectivity index (χ0) is 22.9. The molecule has 1 aromatic rings. The maximum absolute atomic E-state index is 13.0. The van der Waals surface area contributed by atoms with Crippen LogP contribution in [0.25, 0.3) is 0 Å². The molecule has 1 saturated heterocycles. The first-order valence-electron chi connectivity index (χ1n) is 10.5. The van der Waals surface area contributed by atoms with Gasteiger partial charge >= 0.3 is 0 Å². The number of amides is 4. The summed E-state index contributed by atoms with van der Waals surface area (Å²) in [6.07, 6.45) is 1.88. The lowest BCUT2D eigenvalue weighted by atomic mass is 10.0. The highest BCUT2D eigenvalue weighted by molar-refractivity contribution is 6.25. The normalized spacial score (nSPS) is 18.0. The van der Waals surface area contributed by atoms with E-state index in [2.05, 4.69) is 17.2 Å². The molecule has 32 heavy (non-hydrogen) atoms. The van der Waals surface area contributed by atoms with Crippen LogP contribution in [0.4, 0.5) is 5.69 Å². The lowest BCUT2D eigenvalue weighted by molar-refractivity contribution is -0.136. The average molecular weight is 445 g/mol. The molecule has 0 radical (unpaired) electrons. The number of nitrogens with one attached hydrogen (secondary N) is 2. The van der Waals surface area contributed by atoms with Crippen LogP contribution in [0.2, 0.25) is 0 Å². The van der Waals surface area contributed by atoms with Gasteiger partial charge in [-0.2, -0.15) is 0 Å². The van der Waals surface area contributed by atoms with E-state index >= 15 is 0 Å². The van der Waals surface area contributed by atoms with E-state index in [1.54, 1.807) is 24.3 Å². The molecule has 0 saturated carbocycles. The molecule has 0 bridgehead atoms. The number of hydrogen-bond donors (Lipinski definition) is 2. The van der Waals surface area contributed by atoms with Gasteiger partial charge in [0.15, 0.2) is 0 Å². The summed E-state index contributed by atoms with van der Waals surface area (Å²) in [5.41, 5.74) is 0.956. The molecular weight excluding hydrogens is 418 g/mol. The Morgan fingerprint density at radius 3 is 2.47 bits per heavy atom. The van der Waals surface area contributed by atoms with E-state index < -0.39 is 29.7 Å². The molecule has 1 unspecified atom stereocenters. The second kappa shape index (κ2) is 11.5. The van der Waals surface area contributed by atoms with Gasteiger partial charge in [0.2, 0.25) is 11.8 Å². The number of nitrogens with zero attached hydrogens (tertiary/aromatic N) is 1. The summed E-state index contributed by atoms with van der Waals surface area (Å²) in [7, 11) is 0. The van der Waals surface area contributed by atoms with E-state index in [-0.39, 0.29) is 24.0 Å². The Bertz CT molecular complexity index is 886. The van der Waals surface area contributed by atoms with Crippen LogP contribution in [0.15, 0.2) is 30.9 Å². The van der Waals surface area contributed by atoms with Gasteiger partial charge in [-0.1, -0.05) is 12.1 Å². The van der Waals surface area contributed by atoms with Gasteiger partial charge < -0.3 is 19.5 Å². The number of imide groups is 2. The Morgan fingerprint density at radius 1 is 1.03 bits per heavy atom. The van der Waals surface area contributed by atoms with Gasteiger partial charge in [0.25, 0.3) is 11.8 Å². The number of carbonyl (C=O) groups is 4. The second-order valence-corrected chi connectivity index (χ2v) is 7.19. The zero-order valence-corrected chi connectivity index (χ0v) is 17.8. The smallest absolute Gasteiger partial charge is 0.264 e. The molecule has 0 aliphatic carbocycles. The lowest BCUT2D eigenvalue weighted by Crippen LogP contribution is -2.54. The van der Waals surface area contributed by atoms with Gasteiger partial charge in [-0.25, -0.2) is 0 Å². The summed E-state index contributed by atoms with van der Waals surface area (Å²) < 4.78 is 16.1. The first kappa shape index (κ1) is 23.6. The summed E-state index contributed by atoms with van der Waals surface area (Å²) in [6, 6.07) is 3.94. The molecule has 0 spiro atoms. The first-order chi connectivity index (χ1) is 15.5. The van der Waals surface area contributed by atoms with E-state index in [0.29, 0.717) is 51.9 Å². The van der Waals surface area contributed by atoms with Crippen LogP contribution in [-0.2, 0) is 23.8 Å². The van der Waals surface area contributed by atoms with Crippen LogP contribution in [0.1, 0.15) is 33.6 Å². The van der Waals surface area contributed by atoms with Gasteiger partial charge in [0.05, 0.1) is 50.8 Å². The SMILES string of the molecule is C=CCOCCOCCOCCNc1cccc2c1C(=O)N(C1CCC(=O)NC1=O)C2=O. The van der Waals surface area contributed by atoms with Crippen molar-refractivity contribution in [2.45, 2.75) is 18.9 Å². The van der Waals surface area contributed by atoms with Gasteiger partial charge in [-0.15, -0.1) is 6.58 Å². The van der Waals surface area contributed by atoms with Crippen molar-refractivity contribution in [1.82, 2.24) is 10.2 Å². The summed E-state index contributed by atoms with van der Waals surface area (Å²) in [5, 5.41) is 5.30. The quantitative estimate of drug-likeness (QED) is 0.259. The van der Waals surface area contributed by atoms with Crippen molar-refractivity contribution in [2.75, 3.05) is 51.5 Å². The third-order valence-corrected chi connectivity index (χ3v) is 5.01. The molecule has 3 rings (SSSR count). The first-order valence-corrected chi connectivity index (χ1v) is 10.5.